The number of aromatic nitrogens is 4. The van der Waals surface area contributed by atoms with Crippen LogP contribution in [-0.4, -0.2) is 32.9 Å². The third-order valence-corrected chi connectivity index (χ3v) is 7.94. The van der Waals surface area contributed by atoms with Gasteiger partial charge in [0.25, 0.3) is 0 Å². The molecule has 0 amide bonds. The van der Waals surface area contributed by atoms with Gasteiger partial charge in [0.1, 0.15) is 6.61 Å². The van der Waals surface area contributed by atoms with Crippen LogP contribution in [0.4, 0.5) is 0 Å². The van der Waals surface area contributed by atoms with Crippen LogP contribution in [0.5, 0.6) is 0 Å². The molecule has 0 saturated carbocycles. The third kappa shape index (κ3) is 5.76. The fourth-order valence-corrected chi connectivity index (χ4v) is 5.61. The van der Waals surface area contributed by atoms with Crippen LogP contribution in [0.2, 0.25) is 0 Å². The normalized spacial score (nSPS) is 12.8. The maximum Gasteiger partial charge on any atom is 2.00 e. The van der Waals surface area contributed by atoms with Gasteiger partial charge in [0, 0.05) is 17.6 Å². The van der Waals surface area contributed by atoms with Crippen LogP contribution in [0.3, 0.4) is 0 Å². The Morgan fingerprint density at radius 1 is 0.860 bits per heavy atom. The maximum atomic E-state index is 11.5. The number of nitrogens with zero attached hydrogens (tertiary/aromatic N) is 4. The molecule has 2 aliphatic heterocycles. The first-order valence-corrected chi connectivity index (χ1v) is 13.6. The average molecular weight is 626 g/mol. The standard InChI is InChI=1S/C34H33N4O4.Zn/c1-8-22-18(4)25-12-28-21(7)34(17(3)16-42-41)32(38-28)15-31-24(10-11-33(39)40)20(6)27(37-31)14-30-23(9-2)19(5)26(36-30)13-29(22)35-25;/h8-9,12-15H,1-3,10-11,16H2,4-7H3,(H3-,35,36,37,38,39,40,41);/q-1;+2/p-1. The number of carbonyl (C=O) groups is 1. The van der Waals surface area contributed by atoms with Crippen molar-refractivity contribution in [1.82, 2.24) is 19.9 Å². The number of carboxylic acid groups (broad SMARTS) is 1. The van der Waals surface area contributed by atoms with E-state index >= 15 is 0 Å². The molecule has 2 N–H and O–H groups in total. The van der Waals surface area contributed by atoms with E-state index in [9.17, 15) is 15.2 Å². The van der Waals surface area contributed by atoms with Gasteiger partial charge in [-0.2, -0.15) is 0 Å². The second-order valence-corrected chi connectivity index (χ2v) is 10.5. The number of hydrogen-bond donors (Lipinski definition) is 2. The van der Waals surface area contributed by atoms with Crippen LogP contribution < -0.4 is 9.97 Å². The minimum Gasteiger partial charge on any atom is -0.657 e. The molecule has 3 aromatic rings. The number of allylic oxidation sites excluding steroid dienone is 4. The molecule has 8 bridgehead atoms. The van der Waals surface area contributed by atoms with Gasteiger partial charge in [0.15, 0.2) is 0 Å². The largest absolute Gasteiger partial charge is 2.00 e. The predicted molar refractivity (Wildman–Crippen MR) is 167 cm³/mol. The third-order valence-electron chi connectivity index (χ3n) is 7.94. The van der Waals surface area contributed by atoms with E-state index in [4.69, 9.17) is 19.9 Å². The second-order valence-electron chi connectivity index (χ2n) is 10.5. The van der Waals surface area contributed by atoms with Crippen molar-refractivity contribution in [1.29, 1.82) is 0 Å². The molecule has 9 heteroatoms. The molecule has 214 valence electrons. The Morgan fingerprint density at radius 2 is 1.44 bits per heavy atom. The van der Waals surface area contributed by atoms with Gasteiger partial charge < -0.3 is 15.1 Å². The van der Waals surface area contributed by atoms with Crippen molar-refractivity contribution >= 4 is 56.4 Å². The molecule has 8 nitrogen and oxygen atoms in total. The van der Waals surface area contributed by atoms with E-state index in [1.54, 1.807) is 12.2 Å². The van der Waals surface area contributed by atoms with Crippen molar-refractivity contribution < 1.29 is 39.5 Å². The summed E-state index contributed by atoms with van der Waals surface area (Å²) in [4.78, 5) is 35.7. The summed E-state index contributed by atoms with van der Waals surface area (Å²) in [6, 6.07) is 7.64. The number of aryl methyl sites for hydroxylation is 3. The first-order chi connectivity index (χ1) is 20.1. The molecule has 0 fully saturated rings. The summed E-state index contributed by atoms with van der Waals surface area (Å²) in [6.45, 7) is 19.9. The van der Waals surface area contributed by atoms with Crippen molar-refractivity contribution in [3.63, 3.8) is 0 Å². The predicted octanol–water partition coefficient (Wildman–Crippen LogP) is 6.94. The molecule has 0 unspecified atom stereocenters. The van der Waals surface area contributed by atoms with Crippen molar-refractivity contribution in [2.45, 2.75) is 40.5 Å². The van der Waals surface area contributed by atoms with Gasteiger partial charge in [0.2, 0.25) is 0 Å². The van der Waals surface area contributed by atoms with Gasteiger partial charge in [0.05, 0.1) is 22.8 Å². The molecule has 0 aromatic carbocycles. The molecule has 2 aliphatic rings. The minimum atomic E-state index is -0.892. The molecule has 0 atom stereocenters. The topological polar surface area (TPSA) is 121 Å². The van der Waals surface area contributed by atoms with Crippen LogP contribution >= 0.6 is 0 Å². The Labute approximate surface area is 263 Å². The van der Waals surface area contributed by atoms with Gasteiger partial charge in [-0.3, -0.25) is 10.1 Å². The van der Waals surface area contributed by atoms with Crippen LogP contribution in [0, 0.1) is 13.8 Å². The number of rotatable bonds is 8. The van der Waals surface area contributed by atoms with Gasteiger partial charge >= 0.3 is 25.4 Å². The first-order valence-electron chi connectivity index (χ1n) is 13.6. The zero-order valence-corrected chi connectivity index (χ0v) is 27.9. The summed E-state index contributed by atoms with van der Waals surface area (Å²) in [7, 11) is 0. The van der Waals surface area contributed by atoms with Crippen molar-refractivity contribution in [2.75, 3.05) is 6.61 Å². The number of carboxylic acids is 1. The van der Waals surface area contributed by atoms with E-state index in [-0.39, 0.29) is 32.5 Å². The Morgan fingerprint density at radius 3 is 2.09 bits per heavy atom. The summed E-state index contributed by atoms with van der Waals surface area (Å²) in [6.07, 6.45) is 3.84. The molecule has 5 heterocycles. The van der Waals surface area contributed by atoms with E-state index in [1.165, 1.54) is 0 Å². The van der Waals surface area contributed by atoms with E-state index in [1.807, 2.05) is 52.0 Å². The molecule has 0 radical (unpaired) electrons. The molecular formula is C34H32N4O4Zn. The van der Waals surface area contributed by atoms with E-state index < -0.39 is 5.97 Å². The number of fused-ring (bicyclic) bond motifs is 8. The van der Waals surface area contributed by atoms with Crippen LogP contribution in [0.25, 0.3) is 50.4 Å². The summed E-state index contributed by atoms with van der Waals surface area (Å²) in [5, 5.41) is 18.7. The molecule has 43 heavy (non-hydrogen) atoms. The fraction of sp³-hybridized carbons (Fsp3) is 0.206. The van der Waals surface area contributed by atoms with Gasteiger partial charge in [-0.25, -0.2) is 14.9 Å². The molecule has 5 rings (SSSR count). The molecule has 0 saturated heterocycles. The number of aliphatic carboxylic acids is 1. The van der Waals surface area contributed by atoms with Crippen LogP contribution in [-0.2, 0) is 35.6 Å². The smallest absolute Gasteiger partial charge is 0.657 e. The van der Waals surface area contributed by atoms with Crippen molar-refractivity contribution in [2.24, 2.45) is 0 Å². The molecule has 0 aliphatic carbocycles. The minimum absolute atomic E-state index is 0. The van der Waals surface area contributed by atoms with Crippen molar-refractivity contribution in [3.8, 4) is 0 Å². The van der Waals surface area contributed by atoms with Crippen LogP contribution in [0.1, 0.15) is 65.3 Å². The zero-order valence-electron chi connectivity index (χ0n) is 24.9. The monoisotopic (exact) mass is 624 g/mol. The molecule has 3 aromatic heterocycles. The van der Waals surface area contributed by atoms with Gasteiger partial charge in [-0.05, 0) is 56.4 Å². The quantitative estimate of drug-likeness (QED) is 0.157. The van der Waals surface area contributed by atoms with Gasteiger partial charge in [-0.1, -0.05) is 72.8 Å². The Hall–Kier alpha value is -4.17. The molecular weight excluding hydrogens is 594 g/mol. The Bertz CT molecular complexity index is 1920. The SMILES string of the molecule is C=CC1=C(C)c2cc3[n-]c(cc4nc(cc5[n-]c(cc1n2)c(C)c5CCC(=O)O)C(C(=C)COO)=C4C)c(C)c3C=C.[Zn+2]. The fourth-order valence-electron chi connectivity index (χ4n) is 5.61. The van der Waals surface area contributed by atoms with Gasteiger partial charge in [-0.15, -0.1) is 22.1 Å². The summed E-state index contributed by atoms with van der Waals surface area (Å²) < 4.78 is 0. The maximum absolute atomic E-state index is 11.5. The summed E-state index contributed by atoms with van der Waals surface area (Å²) >= 11 is 0. The zero-order chi connectivity index (χ0) is 30.3. The average Bonchev–Trinajstić information content (AvgIpc) is 3.60. The summed E-state index contributed by atoms with van der Waals surface area (Å²) in [5.74, 6) is -0.892. The van der Waals surface area contributed by atoms with E-state index in [2.05, 4.69) is 24.6 Å². The summed E-state index contributed by atoms with van der Waals surface area (Å²) in [5.41, 5.74) is 13.1. The van der Waals surface area contributed by atoms with Crippen molar-refractivity contribution in [3.05, 3.63) is 101 Å². The second kappa shape index (κ2) is 12.6. The Kier molecular flexibility index (Phi) is 9.30. The van der Waals surface area contributed by atoms with E-state index in [0.29, 0.717) is 40.1 Å². The first kappa shape index (κ1) is 31.8. The molecule has 0 spiro atoms. The van der Waals surface area contributed by atoms with E-state index in [0.717, 1.165) is 61.3 Å². The number of hydrogen-bond acceptors (Lipinski definition) is 5. The van der Waals surface area contributed by atoms with Crippen LogP contribution in [0.15, 0.2) is 55.7 Å². The Balaban J connectivity index is 0.00000423.